The van der Waals surface area contributed by atoms with Crippen molar-refractivity contribution in [2.45, 2.75) is 39.2 Å². The van der Waals surface area contributed by atoms with E-state index in [1.54, 1.807) is 0 Å². The third kappa shape index (κ3) is 3.19. The average molecular weight is 226 g/mol. The van der Waals surface area contributed by atoms with Crippen molar-refractivity contribution in [2.24, 2.45) is 11.3 Å². The van der Waals surface area contributed by atoms with E-state index in [-0.39, 0.29) is 0 Å². The van der Waals surface area contributed by atoms with Crippen LogP contribution in [0.4, 0.5) is 0 Å². The minimum Gasteiger partial charge on any atom is -0.381 e. The summed E-state index contributed by atoms with van der Waals surface area (Å²) in [7, 11) is 0. The number of hydrogen-bond acceptors (Lipinski definition) is 3. The number of nitrogens with one attached hydrogen (secondary N) is 2. The van der Waals surface area contributed by atoms with Crippen LogP contribution in [0.5, 0.6) is 0 Å². The SMILES string of the molecule is CC(NCC1(C)CCCNC1)C1CCOC1. The zero-order valence-corrected chi connectivity index (χ0v) is 10.7. The summed E-state index contributed by atoms with van der Waals surface area (Å²) in [6.45, 7) is 10.1. The molecule has 2 heterocycles. The zero-order chi connectivity index (χ0) is 11.4. The first-order valence-corrected chi connectivity index (χ1v) is 6.71. The molecule has 0 radical (unpaired) electrons. The first-order chi connectivity index (χ1) is 7.70. The monoisotopic (exact) mass is 226 g/mol. The standard InChI is InChI=1S/C13H26N2O/c1-11(12-4-7-16-8-12)15-10-13(2)5-3-6-14-9-13/h11-12,14-15H,3-10H2,1-2H3. The zero-order valence-electron chi connectivity index (χ0n) is 10.7. The summed E-state index contributed by atoms with van der Waals surface area (Å²) in [5.74, 6) is 0.722. The van der Waals surface area contributed by atoms with Crippen molar-refractivity contribution in [3.8, 4) is 0 Å². The molecule has 0 aromatic heterocycles. The number of ether oxygens (including phenoxy) is 1. The van der Waals surface area contributed by atoms with Gasteiger partial charge in [-0.15, -0.1) is 0 Å². The van der Waals surface area contributed by atoms with E-state index in [4.69, 9.17) is 4.74 Å². The molecule has 2 fully saturated rings. The Morgan fingerprint density at radius 3 is 3.06 bits per heavy atom. The van der Waals surface area contributed by atoms with Crippen LogP contribution in [0.3, 0.4) is 0 Å². The first kappa shape index (κ1) is 12.3. The lowest BCUT2D eigenvalue weighted by Gasteiger charge is -2.36. The van der Waals surface area contributed by atoms with Gasteiger partial charge in [-0.05, 0) is 44.1 Å². The highest BCUT2D eigenvalue weighted by Crippen LogP contribution is 2.25. The maximum atomic E-state index is 5.44. The molecule has 2 rings (SSSR count). The van der Waals surface area contributed by atoms with Crippen molar-refractivity contribution < 1.29 is 4.74 Å². The fourth-order valence-corrected chi connectivity index (χ4v) is 2.79. The lowest BCUT2D eigenvalue weighted by Crippen LogP contribution is -2.47. The highest BCUT2D eigenvalue weighted by molar-refractivity contribution is 4.85. The summed E-state index contributed by atoms with van der Waals surface area (Å²) in [4.78, 5) is 0. The highest BCUT2D eigenvalue weighted by atomic mass is 16.5. The van der Waals surface area contributed by atoms with Crippen LogP contribution in [0, 0.1) is 11.3 Å². The third-order valence-corrected chi connectivity index (χ3v) is 4.21. The van der Waals surface area contributed by atoms with Gasteiger partial charge in [-0.3, -0.25) is 0 Å². The number of piperidine rings is 1. The van der Waals surface area contributed by atoms with Crippen molar-refractivity contribution in [3.05, 3.63) is 0 Å². The van der Waals surface area contributed by atoms with Crippen LogP contribution in [0.25, 0.3) is 0 Å². The smallest absolute Gasteiger partial charge is 0.0509 e. The third-order valence-electron chi connectivity index (χ3n) is 4.21. The van der Waals surface area contributed by atoms with Crippen LogP contribution in [-0.4, -0.2) is 38.9 Å². The summed E-state index contributed by atoms with van der Waals surface area (Å²) >= 11 is 0. The summed E-state index contributed by atoms with van der Waals surface area (Å²) in [5, 5.41) is 7.22. The van der Waals surface area contributed by atoms with Gasteiger partial charge >= 0.3 is 0 Å². The van der Waals surface area contributed by atoms with Crippen molar-refractivity contribution in [2.75, 3.05) is 32.8 Å². The maximum Gasteiger partial charge on any atom is 0.0509 e. The fourth-order valence-electron chi connectivity index (χ4n) is 2.79. The van der Waals surface area contributed by atoms with Crippen LogP contribution < -0.4 is 10.6 Å². The Hall–Kier alpha value is -0.120. The van der Waals surface area contributed by atoms with Gasteiger partial charge in [0.15, 0.2) is 0 Å². The Balaban J connectivity index is 1.72. The average Bonchev–Trinajstić information content (AvgIpc) is 2.80. The van der Waals surface area contributed by atoms with Gasteiger partial charge in [-0.1, -0.05) is 6.92 Å². The Kier molecular flexibility index (Phi) is 4.22. The Bertz CT molecular complexity index is 208. The molecule has 3 nitrogen and oxygen atoms in total. The van der Waals surface area contributed by atoms with Gasteiger partial charge in [0.05, 0.1) is 6.61 Å². The Labute approximate surface area is 99.3 Å². The minimum atomic E-state index is 0.450. The maximum absolute atomic E-state index is 5.44. The van der Waals surface area contributed by atoms with Gasteiger partial charge in [-0.2, -0.15) is 0 Å². The molecule has 3 unspecified atom stereocenters. The lowest BCUT2D eigenvalue weighted by molar-refractivity contribution is 0.170. The van der Waals surface area contributed by atoms with Crippen LogP contribution >= 0.6 is 0 Å². The van der Waals surface area contributed by atoms with Crippen LogP contribution in [0.2, 0.25) is 0 Å². The molecule has 94 valence electrons. The fraction of sp³-hybridized carbons (Fsp3) is 1.00. The van der Waals surface area contributed by atoms with Crippen molar-refractivity contribution in [1.29, 1.82) is 0 Å². The summed E-state index contributed by atoms with van der Waals surface area (Å²) < 4.78 is 5.44. The van der Waals surface area contributed by atoms with E-state index in [1.807, 2.05) is 0 Å². The summed E-state index contributed by atoms with van der Waals surface area (Å²) in [6, 6.07) is 0.598. The van der Waals surface area contributed by atoms with Gasteiger partial charge in [-0.25, -0.2) is 0 Å². The second-order valence-electron chi connectivity index (χ2n) is 5.88. The molecular weight excluding hydrogens is 200 g/mol. The second-order valence-corrected chi connectivity index (χ2v) is 5.88. The van der Waals surface area contributed by atoms with E-state index in [0.29, 0.717) is 11.5 Å². The molecule has 3 atom stereocenters. The van der Waals surface area contributed by atoms with E-state index >= 15 is 0 Å². The summed E-state index contributed by atoms with van der Waals surface area (Å²) in [5.41, 5.74) is 0.450. The molecule has 0 aromatic rings. The molecule has 0 amide bonds. The normalized spacial score (nSPS) is 37.5. The molecule has 2 N–H and O–H groups in total. The van der Waals surface area contributed by atoms with E-state index in [2.05, 4.69) is 24.5 Å². The molecule has 0 spiro atoms. The molecule has 2 saturated heterocycles. The lowest BCUT2D eigenvalue weighted by atomic mass is 9.82. The van der Waals surface area contributed by atoms with Crippen molar-refractivity contribution in [1.82, 2.24) is 10.6 Å². The molecular formula is C13H26N2O. The van der Waals surface area contributed by atoms with Crippen LogP contribution in [0.15, 0.2) is 0 Å². The molecule has 0 aromatic carbocycles. The first-order valence-electron chi connectivity index (χ1n) is 6.71. The Morgan fingerprint density at radius 1 is 1.56 bits per heavy atom. The molecule has 2 aliphatic rings. The van der Waals surface area contributed by atoms with Gasteiger partial charge in [0, 0.05) is 25.7 Å². The van der Waals surface area contributed by atoms with Gasteiger partial charge in [0.25, 0.3) is 0 Å². The Morgan fingerprint density at radius 2 is 2.44 bits per heavy atom. The minimum absolute atomic E-state index is 0.450. The molecule has 0 bridgehead atoms. The molecule has 0 aliphatic carbocycles. The second kappa shape index (κ2) is 5.48. The topological polar surface area (TPSA) is 33.3 Å². The van der Waals surface area contributed by atoms with Gasteiger partial charge in [0.2, 0.25) is 0 Å². The van der Waals surface area contributed by atoms with Crippen LogP contribution in [-0.2, 0) is 4.74 Å². The van der Waals surface area contributed by atoms with Gasteiger partial charge < -0.3 is 15.4 Å². The van der Waals surface area contributed by atoms with E-state index in [1.165, 1.54) is 25.8 Å². The van der Waals surface area contributed by atoms with E-state index in [9.17, 15) is 0 Å². The molecule has 0 saturated carbocycles. The highest BCUT2D eigenvalue weighted by Gasteiger charge is 2.28. The van der Waals surface area contributed by atoms with Gasteiger partial charge in [0.1, 0.15) is 0 Å². The molecule has 16 heavy (non-hydrogen) atoms. The molecule has 2 aliphatic heterocycles. The summed E-state index contributed by atoms with van der Waals surface area (Å²) in [6.07, 6.45) is 3.89. The number of rotatable bonds is 4. The largest absolute Gasteiger partial charge is 0.381 e. The number of hydrogen-bond donors (Lipinski definition) is 2. The predicted molar refractivity (Wildman–Crippen MR) is 66.6 cm³/mol. The van der Waals surface area contributed by atoms with E-state index < -0.39 is 0 Å². The van der Waals surface area contributed by atoms with E-state index in [0.717, 1.165) is 32.2 Å². The van der Waals surface area contributed by atoms with Crippen molar-refractivity contribution in [3.63, 3.8) is 0 Å². The van der Waals surface area contributed by atoms with Crippen molar-refractivity contribution >= 4 is 0 Å². The van der Waals surface area contributed by atoms with Crippen LogP contribution in [0.1, 0.15) is 33.1 Å². The molecule has 3 heteroatoms. The quantitative estimate of drug-likeness (QED) is 0.760. The predicted octanol–water partition coefficient (Wildman–Crippen LogP) is 1.39.